The lowest BCUT2D eigenvalue weighted by Gasteiger charge is -2.11. The van der Waals surface area contributed by atoms with Gasteiger partial charge in [0.15, 0.2) is 0 Å². The first-order valence-electron chi connectivity index (χ1n) is 8.47. The number of nitrogens with zero attached hydrogens (tertiary/aromatic N) is 5. The zero-order valence-corrected chi connectivity index (χ0v) is 14.4. The van der Waals surface area contributed by atoms with E-state index in [0.717, 1.165) is 11.3 Å². The van der Waals surface area contributed by atoms with Gasteiger partial charge in [0.1, 0.15) is 5.75 Å². The number of ether oxygens (including phenoxy) is 1. The summed E-state index contributed by atoms with van der Waals surface area (Å²) in [5.74, 6) is 1.72. The van der Waals surface area contributed by atoms with Gasteiger partial charge in [0.2, 0.25) is 5.88 Å². The van der Waals surface area contributed by atoms with Crippen LogP contribution in [0.5, 0.6) is 11.6 Å². The number of hydrogen-bond acceptors (Lipinski definition) is 6. The third-order valence-corrected chi connectivity index (χ3v) is 4.38. The van der Waals surface area contributed by atoms with Gasteiger partial charge in [-0.2, -0.15) is 20.6 Å². The molecule has 0 unspecified atom stereocenters. The second-order valence-corrected chi connectivity index (χ2v) is 6.34. The average molecular weight is 346 g/mol. The van der Waals surface area contributed by atoms with Crippen molar-refractivity contribution in [2.75, 3.05) is 0 Å². The maximum atomic E-state index is 9.23. The molecule has 1 aliphatic carbocycles. The summed E-state index contributed by atoms with van der Waals surface area (Å²) in [6.07, 6.45) is 2.35. The van der Waals surface area contributed by atoms with Crippen molar-refractivity contribution in [1.82, 2.24) is 20.0 Å². The predicted octanol–water partition coefficient (Wildman–Crippen LogP) is 2.88. The smallest absolute Gasteiger partial charge is 0.217 e. The molecule has 4 rings (SSSR count). The minimum Gasteiger partial charge on any atom is -0.439 e. The Morgan fingerprint density at radius 2 is 2.08 bits per heavy atom. The zero-order chi connectivity index (χ0) is 18.1. The number of nitriles is 1. The van der Waals surface area contributed by atoms with Gasteiger partial charge in [0, 0.05) is 31.1 Å². The van der Waals surface area contributed by atoms with Crippen LogP contribution in [0.1, 0.15) is 35.7 Å². The van der Waals surface area contributed by atoms with Crippen LogP contribution in [-0.4, -0.2) is 20.0 Å². The molecule has 7 heteroatoms. The molecule has 0 saturated heterocycles. The summed E-state index contributed by atoms with van der Waals surface area (Å²) >= 11 is 0. The molecule has 130 valence electrons. The molecule has 0 atom stereocenters. The topological polar surface area (TPSA) is 103 Å². The molecular formula is C19H18N6O. The molecular weight excluding hydrogens is 328 g/mol. The Kier molecular flexibility index (Phi) is 4.11. The van der Waals surface area contributed by atoms with Crippen molar-refractivity contribution in [3.8, 4) is 29.0 Å². The normalized spacial score (nSPS) is 13.4. The molecule has 2 heterocycles. The molecule has 1 aliphatic rings. The SMILES string of the molecule is Cn1nc(C2CC2)cc1Oc1cc(C#N)ccc1-c1ccc(CN)nn1. The summed E-state index contributed by atoms with van der Waals surface area (Å²) in [5, 5.41) is 22.1. The van der Waals surface area contributed by atoms with Crippen LogP contribution in [-0.2, 0) is 13.6 Å². The Hall–Kier alpha value is -3.24. The van der Waals surface area contributed by atoms with Crippen LogP contribution in [0.25, 0.3) is 11.3 Å². The third kappa shape index (κ3) is 3.15. The number of nitrogens with two attached hydrogens (primary N) is 1. The zero-order valence-electron chi connectivity index (χ0n) is 14.4. The van der Waals surface area contributed by atoms with E-state index in [2.05, 4.69) is 21.4 Å². The number of aromatic nitrogens is 4. The van der Waals surface area contributed by atoms with Crippen LogP contribution in [0, 0.1) is 11.3 Å². The van der Waals surface area contributed by atoms with Crippen molar-refractivity contribution in [3.05, 3.63) is 53.3 Å². The molecule has 2 aromatic heterocycles. The van der Waals surface area contributed by atoms with E-state index in [9.17, 15) is 5.26 Å². The molecule has 0 bridgehead atoms. The lowest BCUT2D eigenvalue weighted by atomic mass is 10.1. The summed E-state index contributed by atoms with van der Waals surface area (Å²) in [6, 6.07) is 13.0. The van der Waals surface area contributed by atoms with Gasteiger partial charge in [-0.3, -0.25) is 0 Å². The quantitative estimate of drug-likeness (QED) is 0.762. The number of benzene rings is 1. The highest BCUT2D eigenvalue weighted by molar-refractivity contribution is 5.68. The van der Waals surface area contributed by atoms with Gasteiger partial charge in [-0.25, -0.2) is 4.68 Å². The maximum Gasteiger partial charge on any atom is 0.217 e. The molecule has 0 spiro atoms. The van der Waals surface area contributed by atoms with Crippen molar-refractivity contribution in [2.24, 2.45) is 12.8 Å². The Labute approximate surface area is 151 Å². The summed E-state index contributed by atoms with van der Waals surface area (Å²) < 4.78 is 7.83. The predicted molar refractivity (Wildman–Crippen MR) is 95.3 cm³/mol. The molecule has 7 nitrogen and oxygen atoms in total. The minimum absolute atomic E-state index is 0.336. The van der Waals surface area contributed by atoms with Crippen LogP contribution in [0.15, 0.2) is 36.4 Å². The Morgan fingerprint density at radius 1 is 1.23 bits per heavy atom. The van der Waals surface area contributed by atoms with Crippen molar-refractivity contribution >= 4 is 0 Å². The molecule has 1 fully saturated rings. The maximum absolute atomic E-state index is 9.23. The summed E-state index contributed by atoms with van der Waals surface area (Å²) in [6.45, 7) is 0.336. The summed E-state index contributed by atoms with van der Waals surface area (Å²) in [5.41, 5.74) is 9.28. The van der Waals surface area contributed by atoms with Crippen LogP contribution in [0.2, 0.25) is 0 Å². The van der Waals surface area contributed by atoms with Crippen LogP contribution in [0.4, 0.5) is 0 Å². The fraction of sp³-hybridized carbons (Fsp3) is 0.263. The fourth-order valence-corrected chi connectivity index (χ4v) is 2.76. The van der Waals surface area contributed by atoms with Crippen LogP contribution < -0.4 is 10.5 Å². The van der Waals surface area contributed by atoms with E-state index in [4.69, 9.17) is 10.5 Å². The molecule has 2 N–H and O–H groups in total. The minimum atomic E-state index is 0.336. The van der Waals surface area contributed by atoms with Crippen molar-refractivity contribution in [1.29, 1.82) is 5.26 Å². The van der Waals surface area contributed by atoms with Gasteiger partial charge < -0.3 is 10.5 Å². The fourth-order valence-electron chi connectivity index (χ4n) is 2.76. The Bertz CT molecular complexity index is 982. The van der Waals surface area contributed by atoms with Gasteiger partial charge in [-0.05, 0) is 43.2 Å². The van der Waals surface area contributed by atoms with E-state index >= 15 is 0 Å². The Morgan fingerprint density at radius 3 is 2.73 bits per heavy atom. The van der Waals surface area contributed by atoms with Gasteiger partial charge in [-0.15, -0.1) is 0 Å². The lowest BCUT2D eigenvalue weighted by molar-refractivity contribution is 0.431. The average Bonchev–Trinajstić information content (AvgIpc) is 3.46. The third-order valence-electron chi connectivity index (χ3n) is 4.38. The van der Waals surface area contributed by atoms with E-state index in [1.165, 1.54) is 12.8 Å². The van der Waals surface area contributed by atoms with Gasteiger partial charge in [0.25, 0.3) is 0 Å². The van der Waals surface area contributed by atoms with Gasteiger partial charge >= 0.3 is 0 Å². The van der Waals surface area contributed by atoms with Crippen LogP contribution in [0.3, 0.4) is 0 Å². The number of rotatable bonds is 5. The first kappa shape index (κ1) is 16.2. The molecule has 1 saturated carbocycles. The first-order chi connectivity index (χ1) is 12.7. The van der Waals surface area contributed by atoms with Crippen LogP contribution >= 0.6 is 0 Å². The highest BCUT2D eigenvalue weighted by Crippen LogP contribution is 2.41. The molecule has 1 aromatic carbocycles. The number of hydrogen-bond donors (Lipinski definition) is 1. The van der Waals surface area contributed by atoms with E-state index < -0.39 is 0 Å². The second kappa shape index (κ2) is 6.58. The van der Waals surface area contributed by atoms with Gasteiger partial charge in [0.05, 0.1) is 28.7 Å². The molecule has 3 aromatic rings. The van der Waals surface area contributed by atoms with E-state index in [1.54, 1.807) is 16.8 Å². The van der Waals surface area contributed by atoms with E-state index in [0.29, 0.717) is 41.0 Å². The monoisotopic (exact) mass is 346 g/mol. The molecule has 0 amide bonds. The highest BCUT2D eigenvalue weighted by atomic mass is 16.5. The first-order valence-corrected chi connectivity index (χ1v) is 8.47. The summed E-state index contributed by atoms with van der Waals surface area (Å²) in [4.78, 5) is 0. The summed E-state index contributed by atoms with van der Waals surface area (Å²) in [7, 11) is 1.85. The Balaban J connectivity index is 1.72. The van der Waals surface area contributed by atoms with Gasteiger partial charge in [-0.1, -0.05) is 0 Å². The number of aryl methyl sites for hydroxylation is 1. The molecule has 0 radical (unpaired) electrons. The molecule has 0 aliphatic heterocycles. The largest absolute Gasteiger partial charge is 0.439 e. The van der Waals surface area contributed by atoms with Crippen molar-refractivity contribution in [3.63, 3.8) is 0 Å². The second-order valence-electron chi connectivity index (χ2n) is 6.34. The highest BCUT2D eigenvalue weighted by Gasteiger charge is 2.27. The lowest BCUT2D eigenvalue weighted by Crippen LogP contribution is -2.02. The van der Waals surface area contributed by atoms with E-state index in [-0.39, 0.29) is 0 Å². The standard InChI is InChI=1S/C19H18N6O/c1-25-19(9-17(24-25)13-3-4-13)26-18-8-12(10-20)2-6-15(18)16-7-5-14(11-21)22-23-16/h2,5-9,13H,3-4,11,21H2,1H3. The van der Waals surface area contributed by atoms with E-state index in [1.807, 2.05) is 31.3 Å². The van der Waals surface area contributed by atoms with Crippen molar-refractivity contribution < 1.29 is 4.74 Å². The van der Waals surface area contributed by atoms with Crippen molar-refractivity contribution in [2.45, 2.75) is 25.3 Å². The molecule has 26 heavy (non-hydrogen) atoms.